The van der Waals surface area contributed by atoms with Crippen LogP contribution in [0, 0.1) is 5.92 Å². The fraction of sp³-hybridized carbons (Fsp3) is 0.565. The number of carbonyl (C=O) groups excluding carboxylic acids is 2. The zero-order valence-electron chi connectivity index (χ0n) is 16.5. The van der Waals surface area contributed by atoms with Crippen LogP contribution in [0.15, 0.2) is 30.5 Å². The monoisotopic (exact) mass is 382 g/mol. The normalized spacial score (nSPS) is 22.1. The van der Waals surface area contributed by atoms with Gasteiger partial charge in [-0.05, 0) is 56.1 Å². The van der Waals surface area contributed by atoms with Gasteiger partial charge >= 0.3 is 5.97 Å². The first-order chi connectivity index (χ1) is 13.7. The quantitative estimate of drug-likeness (QED) is 0.761. The maximum Gasteiger partial charge on any atom is 0.306 e. The van der Waals surface area contributed by atoms with Gasteiger partial charge in [0.1, 0.15) is 0 Å². The molecule has 2 fully saturated rings. The van der Waals surface area contributed by atoms with Crippen molar-refractivity contribution >= 4 is 22.8 Å². The van der Waals surface area contributed by atoms with Gasteiger partial charge in [-0.3, -0.25) is 9.59 Å². The van der Waals surface area contributed by atoms with Crippen molar-refractivity contribution in [1.82, 2.24) is 9.88 Å². The molecule has 1 saturated heterocycles. The van der Waals surface area contributed by atoms with Crippen molar-refractivity contribution in [2.24, 2.45) is 5.92 Å². The SMILES string of the molecule is O=C(CCCc1c[nH]c2ccccc12)OCC(=O)N1CCC[C@H]2CCCC[C@H]21. The number of benzene rings is 1. The van der Waals surface area contributed by atoms with Crippen molar-refractivity contribution in [2.75, 3.05) is 13.2 Å². The highest BCUT2D eigenvalue weighted by atomic mass is 16.5. The van der Waals surface area contributed by atoms with Gasteiger partial charge in [-0.1, -0.05) is 31.0 Å². The topological polar surface area (TPSA) is 62.4 Å². The molecule has 1 aromatic carbocycles. The van der Waals surface area contributed by atoms with Crippen molar-refractivity contribution < 1.29 is 14.3 Å². The Bertz CT molecular complexity index is 826. The van der Waals surface area contributed by atoms with Gasteiger partial charge in [-0.2, -0.15) is 0 Å². The molecule has 4 rings (SSSR count). The number of piperidine rings is 1. The van der Waals surface area contributed by atoms with Crippen LogP contribution in [-0.4, -0.2) is 41.0 Å². The number of aromatic amines is 1. The van der Waals surface area contributed by atoms with Crippen LogP contribution in [0.2, 0.25) is 0 Å². The number of esters is 1. The Labute approximate surface area is 166 Å². The number of ether oxygens (including phenoxy) is 1. The van der Waals surface area contributed by atoms with E-state index in [1.807, 2.05) is 23.2 Å². The molecule has 0 unspecified atom stereocenters. The van der Waals surface area contributed by atoms with E-state index in [4.69, 9.17) is 4.74 Å². The largest absolute Gasteiger partial charge is 0.456 e. The minimum absolute atomic E-state index is 0.0124. The Hall–Kier alpha value is -2.30. The maximum absolute atomic E-state index is 12.6. The first-order valence-electron chi connectivity index (χ1n) is 10.7. The second kappa shape index (κ2) is 8.80. The predicted molar refractivity (Wildman–Crippen MR) is 109 cm³/mol. The number of nitrogens with one attached hydrogen (secondary N) is 1. The number of aromatic nitrogens is 1. The summed E-state index contributed by atoms with van der Waals surface area (Å²) < 4.78 is 5.31. The molecule has 2 aromatic rings. The Morgan fingerprint density at radius 3 is 2.86 bits per heavy atom. The summed E-state index contributed by atoms with van der Waals surface area (Å²) in [6.07, 6.45) is 11.1. The number of H-pyrrole nitrogens is 1. The molecule has 2 heterocycles. The number of carbonyl (C=O) groups is 2. The van der Waals surface area contributed by atoms with Crippen LogP contribution in [0.1, 0.15) is 56.9 Å². The van der Waals surface area contributed by atoms with Crippen LogP contribution >= 0.6 is 0 Å². The Kier molecular flexibility index (Phi) is 5.98. The summed E-state index contributed by atoms with van der Waals surface area (Å²) in [5.41, 5.74) is 2.34. The molecule has 150 valence electrons. The molecule has 2 aliphatic rings. The van der Waals surface area contributed by atoms with Gasteiger partial charge in [0.25, 0.3) is 5.91 Å². The fourth-order valence-electron chi connectivity index (χ4n) is 4.99. The van der Waals surface area contributed by atoms with Gasteiger partial charge in [-0.15, -0.1) is 0 Å². The summed E-state index contributed by atoms with van der Waals surface area (Å²) in [4.78, 5) is 30.0. The summed E-state index contributed by atoms with van der Waals surface area (Å²) in [6, 6.07) is 8.55. The number of hydrogen-bond acceptors (Lipinski definition) is 3. The average molecular weight is 383 g/mol. The third-order valence-electron chi connectivity index (χ3n) is 6.42. The van der Waals surface area contributed by atoms with E-state index in [1.165, 1.54) is 36.6 Å². The van der Waals surface area contributed by atoms with E-state index in [2.05, 4.69) is 17.1 Å². The van der Waals surface area contributed by atoms with Crippen LogP contribution in [0.5, 0.6) is 0 Å². The number of amides is 1. The molecule has 1 amide bonds. The standard InChI is InChI=1S/C23H30N2O3/c26-22(25-14-6-9-17-7-1-4-12-21(17)25)16-28-23(27)13-5-8-18-15-24-20-11-3-2-10-19(18)20/h2-3,10-11,15,17,21,24H,1,4-9,12-14,16H2/t17-,21-/m1/s1. The van der Waals surface area contributed by atoms with Gasteiger partial charge in [0, 0.05) is 36.1 Å². The Morgan fingerprint density at radius 1 is 1.11 bits per heavy atom. The molecule has 1 saturated carbocycles. The number of para-hydroxylation sites is 1. The van der Waals surface area contributed by atoms with Crippen LogP contribution in [0.3, 0.4) is 0 Å². The minimum Gasteiger partial charge on any atom is -0.456 e. The molecule has 0 radical (unpaired) electrons. The van der Waals surface area contributed by atoms with E-state index in [0.29, 0.717) is 18.4 Å². The maximum atomic E-state index is 12.6. The second-order valence-electron chi connectivity index (χ2n) is 8.21. The third-order valence-corrected chi connectivity index (χ3v) is 6.42. The molecule has 1 aromatic heterocycles. The Balaban J connectivity index is 1.21. The molecule has 5 nitrogen and oxygen atoms in total. The molecule has 28 heavy (non-hydrogen) atoms. The van der Waals surface area contributed by atoms with Crippen molar-refractivity contribution in [3.05, 3.63) is 36.0 Å². The molecular weight excluding hydrogens is 352 g/mol. The first kappa shape index (κ1) is 19.0. The number of hydrogen-bond donors (Lipinski definition) is 1. The van der Waals surface area contributed by atoms with Crippen LogP contribution in [-0.2, 0) is 20.7 Å². The molecule has 2 atom stereocenters. The highest BCUT2D eigenvalue weighted by Crippen LogP contribution is 2.35. The summed E-state index contributed by atoms with van der Waals surface area (Å²) >= 11 is 0. The van der Waals surface area contributed by atoms with E-state index in [9.17, 15) is 9.59 Å². The lowest BCUT2D eigenvalue weighted by molar-refractivity contribution is -0.154. The lowest BCUT2D eigenvalue weighted by atomic mass is 9.78. The summed E-state index contributed by atoms with van der Waals surface area (Å²) in [6.45, 7) is 0.716. The highest BCUT2D eigenvalue weighted by molar-refractivity contribution is 5.83. The third kappa shape index (κ3) is 4.23. The number of aryl methyl sites for hydroxylation is 1. The van der Waals surface area contributed by atoms with Crippen LogP contribution < -0.4 is 0 Å². The molecular formula is C23H30N2O3. The molecule has 1 aliphatic carbocycles. The molecule has 1 aliphatic heterocycles. The van der Waals surface area contributed by atoms with Crippen molar-refractivity contribution in [3.63, 3.8) is 0 Å². The van der Waals surface area contributed by atoms with E-state index in [0.717, 1.165) is 37.7 Å². The molecule has 5 heteroatoms. The number of nitrogens with zero attached hydrogens (tertiary/aromatic N) is 1. The van der Waals surface area contributed by atoms with E-state index >= 15 is 0 Å². The second-order valence-corrected chi connectivity index (χ2v) is 8.21. The van der Waals surface area contributed by atoms with Gasteiger partial charge < -0.3 is 14.6 Å². The summed E-state index contributed by atoms with van der Waals surface area (Å²) in [5, 5.41) is 1.21. The molecule has 0 spiro atoms. The van der Waals surface area contributed by atoms with E-state index in [1.54, 1.807) is 0 Å². The fourth-order valence-corrected chi connectivity index (χ4v) is 4.99. The van der Waals surface area contributed by atoms with Gasteiger partial charge in [0.05, 0.1) is 0 Å². The number of likely N-dealkylation sites (tertiary alicyclic amines) is 1. The zero-order chi connectivity index (χ0) is 19.3. The zero-order valence-corrected chi connectivity index (χ0v) is 16.5. The molecule has 1 N–H and O–H groups in total. The van der Waals surface area contributed by atoms with E-state index < -0.39 is 0 Å². The highest BCUT2D eigenvalue weighted by Gasteiger charge is 2.35. The molecule has 0 bridgehead atoms. The minimum atomic E-state index is -0.273. The predicted octanol–water partition coefficient (Wildman–Crippen LogP) is 4.22. The summed E-state index contributed by atoms with van der Waals surface area (Å²) in [7, 11) is 0. The van der Waals surface area contributed by atoms with E-state index in [-0.39, 0.29) is 18.5 Å². The summed E-state index contributed by atoms with van der Waals surface area (Å²) in [5.74, 6) is 0.366. The van der Waals surface area contributed by atoms with Gasteiger partial charge in [-0.25, -0.2) is 0 Å². The smallest absolute Gasteiger partial charge is 0.306 e. The lowest BCUT2D eigenvalue weighted by Gasteiger charge is -2.44. The van der Waals surface area contributed by atoms with Crippen LogP contribution in [0.25, 0.3) is 10.9 Å². The number of rotatable bonds is 6. The van der Waals surface area contributed by atoms with Crippen molar-refractivity contribution in [2.45, 2.75) is 63.8 Å². The van der Waals surface area contributed by atoms with Crippen molar-refractivity contribution in [3.8, 4) is 0 Å². The van der Waals surface area contributed by atoms with Crippen LogP contribution in [0.4, 0.5) is 0 Å². The van der Waals surface area contributed by atoms with Crippen molar-refractivity contribution in [1.29, 1.82) is 0 Å². The first-order valence-corrected chi connectivity index (χ1v) is 10.7. The van der Waals surface area contributed by atoms with Gasteiger partial charge in [0.15, 0.2) is 6.61 Å². The number of fused-ring (bicyclic) bond motifs is 2. The van der Waals surface area contributed by atoms with Gasteiger partial charge in [0.2, 0.25) is 0 Å². The lowest BCUT2D eigenvalue weighted by Crippen LogP contribution is -2.50. The Morgan fingerprint density at radius 2 is 1.93 bits per heavy atom. The average Bonchev–Trinajstić information content (AvgIpc) is 3.15.